The maximum atomic E-state index is 12.6. The van der Waals surface area contributed by atoms with Crippen LogP contribution in [0.1, 0.15) is 52.2 Å². The number of rotatable bonds is 6. The molecular formula is C27H27NO5. The average molecular weight is 446 g/mol. The standard InChI is InChI=1S/C27H27NO5/c1-17-8-12-19(13-9-17)22(16-24(29)32-3)25-21-6-4-5-7-23(21)33-27(26(25)28(30)31)20-14-10-18(2)11-15-20/h4-15,22,25-27H,16H2,1-3H3/t22-,25+,26+,27+/m1/s1. The van der Waals surface area contributed by atoms with Gasteiger partial charge in [-0.3, -0.25) is 14.9 Å². The molecule has 0 unspecified atom stereocenters. The van der Waals surface area contributed by atoms with E-state index in [1.165, 1.54) is 7.11 Å². The second-order valence-corrected chi connectivity index (χ2v) is 8.59. The van der Waals surface area contributed by atoms with Gasteiger partial charge in [0.15, 0.2) is 6.10 Å². The van der Waals surface area contributed by atoms with Crippen molar-refractivity contribution in [3.8, 4) is 5.75 Å². The van der Waals surface area contributed by atoms with E-state index < -0.39 is 30.0 Å². The van der Waals surface area contributed by atoms with Crippen LogP contribution >= 0.6 is 0 Å². The second-order valence-electron chi connectivity index (χ2n) is 8.59. The monoisotopic (exact) mass is 445 g/mol. The zero-order valence-corrected chi connectivity index (χ0v) is 18.9. The van der Waals surface area contributed by atoms with Crippen LogP contribution < -0.4 is 4.74 Å². The maximum Gasteiger partial charge on any atom is 0.306 e. The normalized spacial score (nSPS) is 20.3. The minimum Gasteiger partial charge on any atom is -0.478 e. The highest BCUT2D eigenvalue weighted by Gasteiger charge is 2.51. The molecule has 4 atom stereocenters. The lowest BCUT2D eigenvalue weighted by molar-refractivity contribution is -0.541. The number of methoxy groups -OCH3 is 1. The minimum absolute atomic E-state index is 0.0313. The van der Waals surface area contributed by atoms with Gasteiger partial charge in [-0.2, -0.15) is 0 Å². The summed E-state index contributed by atoms with van der Waals surface area (Å²) in [5.41, 5.74) is 4.47. The van der Waals surface area contributed by atoms with Crippen LogP contribution in [0.3, 0.4) is 0 Å². The Bertz CT molecular complexity index is 1140. The molecule has 1 aliphatic heterocycles. The Balaban J connectivity index is 1.90. The van der Waals surface area contributed by atoms with Crippen LogP contribution in [-0.2, 0) is 9.53 Å². The van der Waals surface area contributed by atoms with E-state index in [9.17, 15) is 14.9 Å². The predicted octanol–water partition coefficient (Wildman–Crippen LogP) is 5.51. The molecule has 33 heavy (non-hydrogen) atoms. The van der Waals surface area contributed by atoms with Crippen LogP contribution in [0.15, 0.2) is 72.8 Å². The van der Waals surface area contributed by atoms with Gasteiger partial charge in [0.05, 0.1) is 19.4 Å². The van der Waals surface area contributed by atoms with Gasteiger partial charge in [-0.15, -0.1) is 0 Å². The maximum absolute atomic E-state index is 12.6. The van der Waals surface area contributed by atoms with E-state index in [1.807, 2.05) is 86.6 Å². The van der Waals surface area contributed by atoms with E-state index in [0.29, 0.717) is 5.75 Å². The highest BCUT2D eigenvalue weighted by molar-refractivity contribution is 5.71. The summed E-state index contributed by atoms with van der Waals surface area (Å²) >= 11 is 0. The third kappa shape index (κ3) is 4.60. The number of aryl methyl sites for hydroxylation is 2. The van der Waals surface area contributed by atoms with Crippen LogP contribution in [0.5, 0.6) is 5.75 Å². The number of esters is 1. The first-order chi connectivity index (χ1) is 15.9. The summed E-state index contributed by atoms with van der Waals surface area (Å²) in [6, 6.07) is 21.7. The fraction of sp³-hybridized carbons (Fsp3) is 0.296. The molecular weight excluding hydrogens is 418 g/mol. The Hall–Kier alpha value is -3.67. The molecule has 6 heteroatoms. The highest BCUT2D eigenvalue weighted by atomic mass is 16.6. The lowest BCUT2D eigenvalue weighted by Crippen LogP contribution is -2.43. The fourth-order valence-electron chi connectivity index (χ4n) is 4.69. The topological polar surface area (TPSA) is 78.7 Å². The summed E-state index contributed by atoms with van der Waals surface area (Å²) < 4.78 is 11.2. The quantitative estimate of drug-likeness (QED) is 0.284. The van der Waals surface area contributed by atoms with Crippen molar-refractivity contribution in [2.45, 2.75) is 44.2 Å². The molecule has 0 amide bonds. The Kier molecular flexibility index (Phi) is 6.45. The number of carbonyl (C=O) groups is 1. The van der Waals surface area contributed by atoms with E-state index in [2.05, 4.69) is 0 Å². The van der Waals surface area contributed by atoms with Crippen LogP contribution in [0.2, 0.25) is 0 Å². The zero-order chi connectivity index (χ0) is 23.5. The SMILES string of the molecule is COC(=O)C[C@H](c1ccc(C)cc1)[C@@H]1c2ccccc2O[C@@H](c2ccc(C)cc2)[C@H]1[N+](=O)[O-]. The molecule has 0 spiro atoms. The molecule has 0 bridgehead atoms. The number of hydrogen-bond donors (Lipinski definition) is 0. The summed E-state index contributed by atoms with van der Waals surface area (Å²) in [4.78, 5) is 24.8. The van der Waals surface area contributed by atoms with E-state index >= 15 is 0 Å². The van der Waals surface area contributed by atoms with Gasteiger partial charge in [-0.1, -0.05) is 77.9 Å². The summed E-state index contributed by atoms with van der Waals surface area (Å²) in [5, 5.41) is 12.6. The molecule has 3 aromatic carbocycles. The molecule has 0 aromatic heterocycles. The molecule has 3 aromatic rings. The first kappa shape index (κ1) is 22.5. The third-order valence-corrected chi connectivity index (χ3v) is 6.41. The lowest BCUT2D eigenvalue weighted by Gasteiger charge is -2.38. The number of fused-ring (bicyclic) bond motifs is 1. The van der Waals surface area contributed by atoms with E-state index in [4.69, 9.17) is 9.47 Å². The van der Waals surface area contributed by atoms with Gasteiger partial charge >= 0.3 is 5.97 Å². The number of para-hydroxylation sites is 1. The summed E-state index contributed by atoms with van der Waals surface area (Å²) in [6.45, 7) is 3.95. The van der Waals surface area contributed by atoms with Gasteiger partial charge in [-0.25, -0.2) is 0 Å². The zero-order valence-electron chi connectivity index (χ0n) is 18.9. The molecule has 0 saturated carbocycles. The molecule has 6 nitrogen and oxygen atoms in total. The Morgan fingerprint density at radius 3 is 2.21 bits per heavy atom. The highest BCUT2D eigenvalue weighted by Crippen LogP contribution is 2.50. The van der Waals surface area contributed by atoms with Gasteiger partial charge in [0, 0.05) is 16.4 Å². The van der Waals surface area contributed by atoms with Gasteiger partial charge in [-0.05, 0) is 31.0 Å². The van der Waals surface area contributed by atoms with Crippen molar-refractivity contribution in [3.63, 3.8) is 0 Å². The van der Waals surface area contributed by atoms with Crippen molar-refractivity contribution < 1.29 is 19.2 Å². The molecule has 0 fully saturated rings. The third-order valence-electron chi connectivity index (χ3n) is 6.41. The van der Waals surface area contributed by atoms with Crippen molar-refractivity contribution in [1.82, 2.24) is 0 Å². The molecule has 170 valence electrons. The fourth-order valence-corrected chi connectivity index (χ4v) is 4.69. The Morgan fingerprint density at radius 1 is 1.00 bits per heavy atom. The first-order valence-corrected chi connectivity index (χ1v) is 11.0. The molecule has 0 saturated heterocycles. The summed E-state index contributed by atoms with van der Waals surface area (Å²) in [5.74, 6) is -0.837. The van der Waals surface area contributed by atoms with Crippen LogP contribution in [0.4, 0.5) is 0 Å². The van der Waals surface area contributed by atoms with Gasteiger partial charge in [0.25, 0.3) is 6.04 Å². The molecule has 0 radical (unpaired) electrons. The number of ether oxygens (including phenoxy) is 2. The second kappa shape index (κ2) is 9.45. The van der Waals surface area contributed by atoms with Crippen molar-refractivity contribution >= 4 is 5.97 Å². The number of nitrogens with zero attached hydrogens (tertiary/aromatic N) is 1. The van der Waals surface area contributed by atoms with E-state index in [0.717, 1.165) is 27.8 Å². The Morgan fingerprint density at radius 2 is 1.61 bits per heavy atom. The van der Waals surface area contributed by atoms with Gasteiger partial charge in [0.2, 0.25) is 0 Å². The van der Waals surface area contributed by atoms with Crippen molar-refractivity contribution in [1.29, 1.82) is 0 Å². The molecule has 1 heterocycles. The van der Waals surface area contributed by atoms with E-state index in [-0.39, 0.29) is 11.3 Å². The molecule has 1 aliphatic rings. The molecule has 0 N–H and O–H groups in total. The number of nitro groups is 1. The summed E-state index contributed by atoms with van der Waals surface area (Å²) in [6.07, 6.45) is -0.755. The van der Waals surface area contributed by atoms with Crippen LogP contribution in [0.25, 0.3) is 0 Å². The largest absolute Gasteiger partial charge is 0.478 e. The average Bonchev–Trinajstić information content (AvgIpc) is 2.82. The van der Waals surface area contributed by atoms with Crippen molar-refractivity contribution in [2.24, 2.45) is 0 Å². The van der Waals surface area contributed by atoms with E-state index in [1.54, 1.807) is 0 Å². The van der Waals surface area contributed by atoms with Crippen LogP contribution in [0, 0.1) is 24.0 Å². The minimum atomic E-state index is -1.08. The predicted molar refractivity (Wildman–Crippen MR) is 125 cm³/mol. The number of benzene rings is 3. The van der Waals surface area contributed by atoms with Crippen LogP contribution in [-0.4, -0.2) is 24.0 Å². The number of hydrogen-bond acceptors (Lipinski definition) is 5. The van der Waals surface area contributed by atoms with Crippen molar-refractivity contribution in [3.05, 3.63) is 111 Å². The Labute approximate surface area is 193 Å². The first-order valence-electron chi connectivity index (χ1n) is 11.0. The number of carbonyl (C=O) groups excluding carboxylic acids is 1. The van der Waals surface area contributed by atoms with Crippen molar-refractivity contribution in [2.75, 3.05) is 7.11 Å². The molecule has 0 aliphatic carbocycles. The van der Waals surface area contributed by atoms with Gasteiger partial charge in [0.1, 0.15) is 5.75 Å². The van der Waals surface area contributed by atoms with Gasteiger partial charge < -0.3 is 9.47 Å². The lowest BCUT2D eigenvalue weighted by atomic mass is 9.71. The smallest absolute Gasteiger partial charge is 0.306 e. The molecule has 4 rings (SSSR count). The summed E-state index contributed by atoms with van der Waals surface area (Å²) in [7, 11) is 1.34.